The van der Waals surface area contributed by atoms with Gasteiger partial charge in [0, 0.05) is 23.1 Å². The zero-order valence-electron chi connectivity index (χ0n) is 15.5. The van der Waals surface area contributed by atoms with Crippen LogP contribution in [0.5, 0.6) is 0 Å². The van der Waals surface area contributed by atoms with E-state index in [0.717, 1.165) is 0 Å². The van der Waals surface area contributed by atoms with E-state index in [1.165, 1.54) is 19.2 Å². The number of rotatable bonds is 7. The van der Waals surface area contributed by atoms with Gasteiger partial charge in [-0.05, 0) is 50.2 Å². The normalized spacial score (nSPS) is 10.5. The van der Waals surface area contributed by atoms with E-state index in [0.29, 0.717) is 22.5 Å². The van der Waals surface area contributed by atoms with Crippen LogP contribution in [0.4, 0.5) is 11.4 Å². The molecule has 2 rings (SSSR count). The van der Waals surface area contributed by atoms with Crippen molar-refractivity contribution in [2.24, 2.45) is 0 Å². The molecule has 142 valence electrons. The molecule has 28 heavy (non-hydrogen) atoms. The molecule has 7 heteroatoms. The number of anilines is 2. The molecule has 0 saturated heterocycles. The molecule has 2 aromatic rings. The summed E-state index contributed by atoms with van der Waals surface area (Å²) in [7, 11) is 0. The van der Waals surface area contributed by atoms with Crippen molar-refractivity contribution >= 4 is 29.0 Å². The van der Waals surface area contributed by atoms with E-state index in [1.54, 1.807) is 49.4 Å². The van der Waals surface area contributed by atoms with Crippen LogP contribution in [-0.2, 0) is 9.53 Å². The maximum atomic E-state index is 12.3. The lowest BCUT2D eigenvalue weighted by Gasteiger charge is -2.07. The quantitative estimate of drug-likeness (QED) is 0.331. The van der Waals surface area contributed by atoms with E-state index in [2.05, 4.69) is 10.6 Å². The molecule has 7 nitrogen and oxygen atoms in total. The lowest BCUT2D eigenvalue weighted by atomic mass is 10.1. The first-order chi connectivity index (χ1) is 13.4. The van der Waals surface area contributed by atoms with Crippen LogP contribution in [0.3, 0.4) is 0 Å². The molecule has 0 aromatic heterocycles. The lowest BCUT2D eigenvalue weighted by molar-refractivity contribution is -0.112. The number of nitrogens with zero attached hydrogens (tertiary/aromatic N) is 1. The van der Waals surface area contributed by atoms with Gasteiger partial charge in [0.05, 0.1) is 12.2 Å². The first kappa shape index (κ1) is 20.4. The molecular weight excluding hydrogens is 358 g/mol. The Morgan fingerprint density at radius 1 is 1.07 bits per heavy atom. The van der Waals surface area contributed by atoms with Crippen LogP contribution in [-0.4, -0.2) is 24.3 Å². The Bertz CT molecular complexity index is 956. The minimum absolute atomic E-state index is 0.125. The van der Waals surface area contributed by atoms with Crippen LogP contribution in [0, 0.1) is 11.3 Å². The van der Waals surface area contributed by atoms with Crippen molar-refractivity contribution in [3.05, 3.63) is 71.4 Å². The van der Waals surface area contributed by atoms with Crippen molar-refractivity contribution in [2.45, 2.75) is 13.8 Å². The Balaban J connectivity index is 2.06. The summed E-state index contributed by atoms with van der Waals surface area (Å²) in [5, 5.41) is 14.7. The topological polar surface area (TPSA) is 108 Å². The van der Waals surface area contributed by atoms with Gasteiger partial charge in [0.25, 0.3) is 5.91 Å². The zero-order chi connectivity index (χ0) is 20.5. The SMILES string of the molecule is CCOC(=O)c1ccc(N/C=C(/C#N)C(=O)Nc2cccc(C(C)=O)c2)cc1. The Kier molecular flexibility index (Phi) is 7.06. The van der Waals surface area contributed by atoms with Crippen LogP contribution in [0.25, 0.3) is 0 Å². The second kappa shape index (κ2) is 9.69. The number of benzene rings is 2. The number of ether oxygens (including phenoxy) is 1. The summed E-state index contributed by atoms with van der Waals surface area (Å²) in [6.07, 6.45) is 1.27. The highest BCUT2D eigenvalue weighted by Crippen LogP contribution is 2.14. The second-order valence-electron chi connectivity index (χ2n) is 5.70. The van der Waals surface area contributed by atoms with Crippen molar-refractivity contribution in [3.8, 4) is 6.07 Å². The smallest absolute Gasteiger partial charge is 0.338 e. The number of Topliss-reactive ketones (excluding diaryl/α,β-unsaturated/α-hetero) is 1. The summed E-state index contributed by atoms with van der Waals surface area (Å²) in [6.45, 7) is 3.44. The molecule has 0 fully saturated rings. The summed E-state index contributed by atoms with van der Waals surface area (Å²) in [6, 6.07) is 14.7. The third kappa shape index (κ3) is 5.54. The van der Waals surface area contributed by atoms with Crippen LogP contribution >= 0.6 is 0 Å². The van der Waals surface area contributed by atoms with E-state index in [9.17, 15) is 19.6 Å². The van der Waals surface area contributed by atoms with Crippen molar-refractivity contribution in [3.63, 3.8) is 0 Å². The molecule has 0 aliphatic carbocycles. The summed E-state index contributed by atoms with van der Waals surface area (Å²) >= 11 is 0. The third-order valence-electron chi connectivity index (χ3n) is 3.67. The monoisotopic (exact) mass is 377 g/mol. The number of ketones is 1. The molecular formula is C21H19N3O4. The van der Waals surface area contributed by atoms with Crippen LogP contribution in [0.1, 0.15) is 34.6 Å². The summed E-state index contributed by atoms with van der Waals surface area (Å²) in [4.78, 5) is 35.3. The first-order valence-electron chi connectivity index (χ1n) is 8.51. The van der Waals surface area contributed by atoms with E-state index in [1.807, 2.05) is 6.07 Å². The fourth-order valence-corrected chi connectivity index (χ4v) is 2.24. The molecule has 0 radical (unpaired) electrons. The molecule has 0 unspecified atom stereocenters. The largest absolute Gasteiger partial charge is 0.462 e. The molecule has 0 heterocycles. The van der Waals surface area contributed by atoms with E-state index in [-0.39, 0.29) is 18.0 Å². The van der Waals surface area contributed by atoms with E-state index < -0.39 is 11.9 Å². The molecule has 0 bridgehead atoms. The van der Waals surface area contributed by atoms with Crippen molar-refractivity contribution < 1.29 is 19.1 Å². The van der Waals surface area contributed by atoms with Gasteiger partial charge in [-0.2, -0.15) is 5.26 Å². The standard InChI is InChI=1S/C21H19N3O4/c1-3-28-21(27)15-7-9-18(10-8-15)23-13-17(12-22)20(26)24-19-6-4-5-16(11-19)14(2)25/h4-11,13,23H,3H2,1-2H3,(H,24,26)/b17-13-. The molecule has 2 N–H and O–H groups in total. The Hall–Kier alpha value is -3.92. The number of nitriles is 1. The molecule has 0 aliphatic heterocycles. The van der Waals surface area contributed by atoms with E-state index in [4.69, 9.17) is 4.74 Å². The number of esters is 1. The van der Waals surface area contributed by atoms with Crippen LogP contribution in [0.2, 0.25) is 0 Å². The van der Waals surface area contributed by atoms with Gasteiger partial charge in [-0.25, -0.2) is 4.79 Å². The first-order valence-corrected chi connectivity index (χ1v) is 8.51. The Labute approximate surface area is 162 Å². The summed E-state index contributed by atoms with van der Waals surface area (Å²) < 4.78 is 4.91. The summed E-state index contributed by atoms with van der Waals surface area (Å²) in [5.41, 5.74) is 1.72. The van der Waals surface area contributed by atoms with Gasteiger partial charge in [0.2, 0.25) is 0 Å². The number of carbonyl (C=O) groups excluding carboxylic acids is 3. The number of hydrogen-bond donors (Lipinski definition) is 2. The van der Waals surface area contributed by atoms with Gasteiger partial charge in [0.1, 0.15) is 11.6 Å². The third-order valence-corrected chi connectivity index (χ3v) is 3.67. The zero-order valence-corrected chi connectivity index (χ0v) is 15.5. The molecule has 0 aliphatic rings. The molecule has 1 amide bonds. The highest BCUT2D eigenvalue weighted by Gasteiger charge is 2.11. The maximum absolute atomic E-state index is 12.3. The number of carbonyl (C=O) groups is 3. The minimum atomic E-state index is -0.612. The van der Waals surface area contributed by atoms with E-state index >= 15 is 0 Å². The minimum Gasteiger partial charge on any atom is -0.462 e. The summed E-state index contributed by atoms with van der Waals surface area (Å²) in [5.74, 6) is -1.16. The average molecular weight is 377 g/mol. The number of amides is 1. The number of nitrogens with one attached hydrogen (secondary N) is 2. The Morgan fingerprint density at radius 3 is 2.39 bits per heavy atom. The second-order valence-corrected chi connectivity index (χ2v) is 5.70. The van der Waals surface area contributed by atoms with Gasteiger partial charge in [-0.15, -0.1) is 0 Å². The van der Waals surface area contributed by atoms with Gasteiger partial charge in [0.15, 0.2) is 5.78 Å². The van der Waals surface area contributed by atoms with Gasteiger partial charge in [-0.1, -0.05) is 12.1 Å². The van der Waals surface area contributed by atoms with Gasteiger partial charge in [-0.3, -0.25) is 9.59 Å². The van der Waals surface area contributed by atoms with Crippen molar-refractivity contribution in [1.82, 2.24) is 0 Å². The average Bonchev–Trinajstić information content (AvgIpc) is 2.69. The maximum Gasteiger partial charge on any atom is 0.338 e. The van der Waals surface area contributed by atoms with Gasteiger partial charge >= 0.3 is 5.97 Å². The lowest BCUT2D eigenvalue weighted by Crippen LogP contribution is -2.15. The molecule has 2 aromatic carbocycles. The predicted octanol–water partition coefficient (Wildman–Crippen LogP) is 3.52. The molecule has 0 saturated carbocycles. The Morgan fingerprint density at radius 2 is 1.79 bits per heavy atom. The predicted molar refractivity (Wildman–Crippen MR) is 105 cm³/mol. The van der Waals surface area contributed by atoms with Gasteiger partial charge < -0.3 is 15.4 Å². The number of hydrogen-bond acceptors (Lipinski definition) is 6. The van der Waals surface area contributed by atoms with Crippen LogP contribution < -0.4 is 10.6 Å². The fraction of sp³-hybridized carbons (Fsp3) is 0.143. The molecule has 0 spiro atoms. The van der Waals surface area contributed by atoms with Crippen molar-refractivity contribution in [2.75, 3.05) is 17.2 Å². The highest BCUT2D eigenvalue weighted by molar-refractivity contribution is 6.07. The highest BCUT2D eigenvalue weighted by atomic mass is 16.5. The fourth-order valence-electron chi connectivity index (χ4n) is 2.24. The van der Waals surface area contributed by atoms with Crippen LogP contribution in [0.15, 0.2) is 60.3 Å². The molecule has 0 atom stereocenters. The van der Waals surface area contributed by atoms with Crippen molar-refractivity contribution in [1.29, 1.82) is 5.26 Å².